The number of hydrogen-bond donors (Lipinski definition) is 0. The normalized spacial score (nSPS) is 58.8. The third-order valence-electron chi connectivity index (χ3n) is 6.67. The van der Waals surface area contributed by atoms with E-state index in [0.717, 1.165) is 44.7 Å². The van der Waals surface area contributed by atoms with E-state index in [2.05, 4.69) is 47.0 Å². The van der Waals surface area contributed by atoms with Gasteiger partial charge in [0.15, 0.2) is 0 Å². The summed E-state index contributed by atoms with van der Waals surface area (Å²) in [6.45, 7) is 0. The molecule has 0 aromatic carbocycles. The van der Waals surface area contributed by atoms with Crippen molar-refractivity contribution in [3.05, 3.63) is 8.47 Å². The Morgan fingerprint density at radius 1 is 0.500 bits per heavy atom. The smallest absolute Gasteiger partial charge is 0.0609 e. The number of thioether (sulfide) groups is 4. The highest BCUT2D eigenvalue weighted by molar-refractivity contribution is 8.31. The minimum atomic E-state index is 1.000. The first-order valence-corrected chi connectivity index (χ1v) is 11.8. The highest BCUT2D eigenvalue weighted by Crippen LogP contribution is 2.69. The molecular weight excluding hydrogens is 320 g/mol. The van der Waals surface area contributed by atoms with Crippen LogP contribution in [0, 0.1) is 23.7 Å². The van der Waals surface area contributed by atoms with E-state index in [1.165, 1.54) is 25.7 Å². The van der Waals surface area contributed by atoms with E-state index in [4.69, 9.17) is 0 Å². The standard InChI is InChI=1S/C16H20S4/c1-2-8-5-7(1)11-12(8)18-15(17-11)16-19-13-9-3-4-10(6-9)14(13)20-16/h7-14H,1-6H2/t7-,8-,9-,10+,11-,12-,13-,14+/m1/s1. The second-order valence-corrected chi connectivity index (χ2v) is 12.8. The highest BCUT2D eigenvalue weighted by atomic mass is 32.2. The third kappa shape index (κ3) is 1.58. The fourth-order valence-corrected chi connectivity index (χ4v) is 13.9. The van der Waals surface area contributed by atoms with Crippen LogP contribution in [0.2, 0.25) is 0 Å². The maximum Gasteiger partial charge on any atom is 0.0609 e. The van der Waals surface area contributed by atoms with Crippen molar-refractivity contribution in [2.24, 2.45) is 23.7 Å². The van der Waals surface area contributed by atoms with Crippen molar-refractivity contribution in [1.82, 2.24) is 0 Å². The third-order valence-corrected chi connectivity index (χ3v) is 14.2. The molecule has 0 N–H and O–H groups in total. The summed E-state index contributed by atoms with van der Waals surface area (Å²) in [5, 5.41) is 4.00. The Hall–Kier alpha value is 1.14. The Kier molecular flexibility index (Phi) is 2.74. The fourth-order valence-electron chi connectivity index (χ4n) is 5.77. The number of hydrogen-bond acceptors (Lipinski definition) is 4. The first kappa shape index (κ1) is 12.5. The van der Waals surface area contributed by atoms with Crippen molar-refractivity contribution < 1.29 is 0 Å². The van der Waals surface area contributed by atoms with Crippen molar-refractivity contribution in [3.8, 4) is 0 Å². The molecule has 4 aliphatic carbocycles. The zero-order valence-electron chi connectivity index (χ0n) is 11.5. The van der Waals surface area contributed by atoms with Gasteiger partial charge >= 0.3 is 0 Å². The van der Waals surface area contributed by atoms with Gasteiger partial charge in [-0.1, -0.05) is 0 Å². The van der Waals surface area contributed by atoms with Gasteiger partial charge in [0.2, 0.25) is 0 Å². The molecule has 2 aliphatic heterocycles. The molecule has 0 aromatic heterocycles. The van der Waals surface area contributed by atoms with Gasteiger partial charge in [0.05, 0.1) is 8.47 Å². The maximum atomic E-state index is 2.30. The summed E-state index contributed by atoms with van der Waals surface area (Å²) in [6, 6.07) is 0. The summed E-state index contributed by atoms with van der Waals surface area (Å²) in [7, 11) is 0. The molecular formula is C16H20S4. The predicted octanol–water partition coefficient (Wildman–Crippen LogP) is 5.41. The lowest BCUT2D eigenvalue weighted by molar-refractivity contribution is 0.508. The highest BCUT2D eigenvalue weighted by Gasteiger charge is 2.56. The van der Waals surface area contributed by atoms with Crippen molar-refractivity contribution in [1.29, 1.82) is 0 Å². The van der Waals surface area contributed by atoms with Gasteiger partial charge in [-0.05, 0) is 62.2 Å². The average molecular weight is 341 g/mol. The Morgan fingerprint density at radius 3 is 1.10 bits per heavy atom. The summed E-state index contributed by atoms with van der Waals surface area (Å²) in [6.07, 6.45) is 9.28. The predicted molar refractivity (Wildman–Crippen MR) is 94.2 cm³/mol. The van der Waals surface area contributed by atoms with Gasteiger partial charge in [0, 0.05) is 21.0 Å². The number of fused-ring (bicyclic) bond motifs is 10. The second-order valence-electron chi connectivity index (χ2n) is 7.57. The Bertz CT molecular complexity index is 417. The second kappa shape index (κ2) is 4.36. The molecule has 0 unspecified atom stereocenters. The van der Waals surface area contributed by atoms with Gasteiger partial charge in [0.1, 0.15) is 0 Å². The van der Waals surface area contributed by atoms with Gasteiger partial charge in [-0.25, -0.2) is 0 Å². The van der Waals surface area contributed by atoms with Crippen LogP contribution in [0.5, 0.6) is 0 Å². The first-order valence-electron chi connectivity index (χ1n) is 8.28. The minimum absolute atomic E-state index is 1.000. The molecule has 2 saturated heterocycles. The molecule has 0 aromatic rings. The topological polar surface area (TPSA) is 0 Å². The van der Waals surface area contributed by atoms with Crippen molar-refractivity contribution in [3.63, 3.8) is 0 Å². The van der Waals surface area contributed by atoms with Crippen LogP contribution in [-0.4, -0.2) is 21.0 Å². The van der Waals surface area contributed by atoms with Crippen LogP contribution in [0.3, 0.4) is 0 Å². The lowest BCUT2D eigenvalue weighted by atomic mass is 10.00. The Morgan fingerprint density at radius 2 is 0.800 bits per heavy atom. The SMILES string of the molecule is C1C[C@@H]2C[C@@H]1[C@H]1SC(=C3S[C@@H]4[C@@H]5CC[C@@H](C5)[C@@H]4S3)S[C@H]21. The monoisotopic (exact) mass is 340 g/mol. The van der Waals surface area contributed by atoms with Crippen molar-refractivity contribution >= 4 is 47.0 Å². The molecule has 0 nitrogen and oxygen atoms in total. The molecule has 2 heterocycles. The molecule has 6 rings (SSSR count). The lowest BCUT2D eigenvalue weighted by Gasteiger charge is -2.21. The molecule has 0 radical (unpaired) electrons. The van der Waals surface area contributed by atoms with Gasteiger partial charge in [-0.3, -0.25) is 0 Å². The van der Waals surface area contributed by atoms with E-state index in [0.29, 0.717) is 0 Å². The Balaban J connectivity index is 1.29. The average Bonchev–Trinajstić information content (AvgIpc) is 3.22. The summed E-state index contributed by atoms with van der Waals surface area (Å²) in [5.74, 6) is 4.31. The molecule has 0 spiro atoms. The van der Waals surface area contributed by atoms with E-state index in [1.807, 2.05) is 0 Å². The van der Waals surface area contributed by atoms with Crippen molar-refractivity contribution in [2.45, 2.75) is 59.5 Å². The molecule has 0 amide bonds. The van der Waals surface area contributed by atoms with Crippen LogP contribution < -0.4 is 0 Å². The van der Waals surface area contributed by atoms with Gasteiger partial charge < -0.3 is 0 Å². The molecule has 4 heteroatoms. The molecule has 6 fully saturated rings. The Labute approximate surface area is 138 Å². The molecule has 4 bridgehead atoms. The van der Waals surface area contributed by atoms with E-state index in [9.17, 15) is 0 Å². The largest absolute Gasteiger partial charge is 0.113 e. The lowest BCUT2D eigenvalue weighted by Crippen LogP contribution is -2.22. The molecule has 8 atom stereocenters. The van der Waals surface area contributed by atoms with E-state index in [1.54, 1.807) is 21.3 Å². The van der Waals surface area contributed by atoms with Crippen LogP contribution >= 0.6 is 47.0 Å². The summed E-state index contributed by atoms with van der Waals surface area (Å²) >= 11 is 9.22. The molecule has 6 aliphatic rings. The van der Waals surface area contributed by atoms with Gasteiger partial charge in [0.25, 0.3) is 0 Å². The minimum Gasteiger partial charge on any atom is -0.113 e. The van der Waals surface area contributed by atoms with Crippen molar-refractivity contribution in [2.75, 3.05) is 0 Å². The van der Waals surface area contributed by atoms with Crippen LogP contribution in [0.4, 0.5) is 0 Å². The summed E-state index contributed by atoms with van der Waals surface area (Å²) < 4.78 is 3.53. The maximum absolute atomic E-state index is 2.30. The van der Waals surface area contributed by atoms with Gasteiger partial charge in [-0.15, -0.1) is 47.0 Å². The van der Waals surface area contributed by atoms with Crippen LogP contribution in [-0.2, 0) is 0 Å². The van der Waals surface area contributed by atoms with Gasteiger partial charge in [-0.2, -0.15) is 0 Å². The quantitative estimate of drug-likeness (QED) is 0.578. The van der Waals surface area contributed by atoms with Crippen LogP contribution in [0.25, 0.3) is 0 Å². The van der Waals surface area contributed by atoms with E-state index >= 15 is 0 Å². The van der Waals surface area contributed by atoms with E-state index in [-0.39, 0.29) is 0 Å². The summed E-state index contributed by atoms with van der Waals surface area (Å²) in [5.41, 5.74) is 0. The zero-order valence-corrected chi connectivity index (χ0v) is 14.8. The zero-order chi connectivity index (χ0) is 12.8. The van der Waals surface area contributed by atoms with Crippen LogP contribution in [0.15, 0.2) is 8.47 Å². The molecule has 108 valence electrons. The van der Waals surface area contributed by atoms with E-state index < -0.39 is 0 Å². The molecule has 4 saturated carbocycles. The van der Waals surface area contributed by atoms with Crippen LogP contribution in [0.1, 0.15) is 38.5 Å². The molecule has 20 heavy (non-hydrogen) atoms. The first-order chi connectivity index (χ1) is 9.87. The number of rotatable bonds is 0. The summed E-state index contributed by atoms with van der Waals surface area (Å²) in [4.78, 5) is 0. The fraction of sp³-hybridized carbons (Fsp3) is 0.875.